The van der Waals surface area contributed by atoms with Crippen LogP contribution < -0.4 is 0 Å². The fourth-order valence-corrected chi connectivity index (χ4v) is 6.96. The Bertz CT molecular complexity index is 418. The van der Waals surface area contributed by atoms with Gasteiger partial charge in [-0.3, -0.25) is 0 Å². The summed E-state index contributed by atoms with van der Waals surface area (Å²) in [5.74, 6) is 0.853. The Hall–Kier alpha value is 0. The average Bonchev–Trinajstić information content (AvgIpc) is 2.51. The molecule has 0 aliphatic heterocycles. The molecule has 3 atom stereocenters. The van der Waals surface area contributed by atoms with Gasteiger partial charge in [0.1, 0.15) is 0 Å². The molecule has 2 fully saturated rings. The molecule has 0 spiro atoms. The monoisotopic (exact) mass is 278 g/mol. The highest BCUT2D eigenvalue weighted by Gasteiger charge is 2.78. The summed E-state index contributed by atoms with van der Waals surface area (Å²) in [6, 6.07) is 0. The molecule has 2 rings (SSSR count). The smallest absolute Gasteiger partial charge is 0.0156 e. The fourth-order valence-electron chi connectivity index (χ4n) is 6.96. The van der Waals surface area contributed by atoms with Crippen molar-refractivity contribution >= 4 is 0 Å². The van der Waals surface area contributed by atoms with Gasteiger partial charge in [-0.05, 0) is 51.2 Å². The first kappa shape index (κ1) is 16.4. The molecule has 3 unspecified atom stereocenters. The van der Waals surface area contributed by atoms with E-state index in [0.717, 1.165) is 5.92 Å². The summed E-state index contributed by atoms with van der Waals surface area (Å²) in [7, 11) is 0. The molecule has 2 aliphatic carbocycles. The van der Waals surface area contributed by atoms with Gasteiger partial charge in [-0.15, -0.1) is 0 Å². The zero-order valence-electron chi connectivity index (χ0n) is 16.0. The van der Waals surface area contributed by atoms with Crippen molar-refractivity contribution in [2.24, 2.45) is 38.4 Å². The van der Waals surface area contributed by atoms with Crippen molar-refractivity contribution in [3.63, 3.8) is 0 Å². The summed E-state index contributed by atoms with van der Waals surface area (Å²) in [6.45, 7) is 27.9. The van der Waals surface area contributed by atoms with E-state index in [4.69, 9.17) is 0 Å². The van der Waals surface area contributed by atoms with Gasteiger partial charge in [0.15, 0.2) is 0 Å². The van der Waals surface area contributed by atoms with Gasteiger partial charge in [0.05, 0.1) is 0 Å². The quantitative estimate of drug-likeness (QED) is 0.510. The lowest BCUT2D eigenvalue weighted by Crippen LogP contribution is -2.59. The fraction of sp³-hybridized carbons (Fsp3) is 1.00. The molecule has 20 heavy (non-hydrogen) atoms. The maximum atomic E-state index is 2.62. The minimum absolute atomic E-state index is 0.310. The molecule has 0 saturated heterocycles. The Balaban J connectivity index is 2.74. The van der Waals surface area contributed by atoms with Crippen molar-refractivity contribution in [1.29, 1.82) is 0 Å². The van der Waals surface area contributed by atoms with E-state index in [1.807, 2.05) is 0 Å². The molecule has 2 aliphatic rings. The molecule has 0 aromatic rings. The van der Waals surface area contributed by atoms with E-state index in [1.165, 1.54) is 12.8 Å². The summed E-state index contributed by atoms with van der Waals surface area (Å²) >= 11 is 0. The Morgan fingerprint density at radius 1 is 0.750 bits per heavy atom. The third-order valence-corrected chi connectivity index (χ3v) is 9.61. The van der Waals surface area contributed by atoms with E-state index < -0.39 is 0 Å². The van der Waals surface area contributed by atoms with Crippen LogP contribution in [0.25, 0.3) is 0 Å². The lowest BCUT2D eigenvalue weighted by molar-refractivity contribution is -0.172. The van der Waals surface area contributed by atoms with Crippen LogP contribution in [0.2, 0.25) is 0 Å². The van der Waals surface area contributed by atoms with Crippen LogP contribution in [0.1, 0.15) is 89.0 Å². The minimum atomic E-state index is 0.310. The standard InChI is InChI=1S/C20H38/c1-15(2,3)18(8,9)20(11)17(6,7)14-12-13-19(20,10)16(14,4)5/h14H,12-13H2,1-11H3. The summed E-state index contributed by atoms with van der Waals surface area (Å²) in [4.78, 5) is 0. The number of fused-ring (bicyclic) bond motifs is 2. The van der Waals surface area contributed by atoms with E-state index in [9.17, 15) is 0 Å². The van der Waals surface area contributed by atoms with Crippen molar-refractivity contribution < 1.29 is 0 Å². The van der Waals surface area contributed by atoms with E-state index >= 15 is 0 Å². The highest BCUT2D eigenvalue weighted by Crippen LogP contribution is 2.84. The van der Waals surface area contributed by atoms with Crippen LogP contribution in [0.5, 0.6) is 0 Å². The van der Waals surface area contributed by atoms with Crippen molar-refractivity contribution in [3.8, 4) is 0 Å². The number of hydrogen-bond acceptors (Lipinski definition) is 0. The second-order valence-electron chi connectivity index (χ2n) is 10.9. The van der Waals surface area contributed by atoms with Crippen LogP contribution >= 0.6 is 0 Å². The lowest BCUT2D eigenvalue weighted by Gasteiger charge is -2.65. The largest absolute Gasteiger partial charge is 0.0596 e. The van der Waals surface area contributed by atoms with E-state index in [2.05, 4.69) is 76.2 Å². The van der Waals surface area contributed by atoms with Gasteiger partial charge in [-0.2, -0.15) is 0 Å². The average molecular weight is 279 g/mol. The maximum Gasteiger partial charge on any atom is -0.0156 e. The van der Waals surface area contributed by atoms with Crippen LogP contribution in [-0.4, -0.2) is 0 Å². The molecule has 2 bridgehead atoms. The first-order valence-electron chi connectivity index (χ1n) is 8.59. The molecular weight excluding hydrogens is 240 g/mol. The Morgan fingerprint density at radius 3 is 1.50 bits per heavy atom. The zero-order valence-corrected chi connectivity index (χ0v) is 16.0. The molecule has 0 aromatic heterocycles. The molecule has 118 valence electrons. The normalized spacial score (nSPS) is 43.0. The molecule has 0 N–H and O–H groups in total. The third-order valence-electron chi connectivity index (χ3n) is 9.61. The molecule has 0 amide bonds. The van der Waals surface area contributed by atoms with Gasteiger partial charge in [-0.1, -0.05) is 76.2 Å². The van der Waals surface area contributed by atoms with Gasteiger partial charge in [-0.25, -0.2) is 0 Å². The zero-order chi connectivity index (χ0) is 16.0. The molecule has 0 radical (unpaired) electrons. The number of rotatable bonds is 1. The van der Waals surface area contributed by atoms with Gasteiger partial charge < -0.3 is 0 Å². The second-order valence-corrected chi connectivity index (χ2v) is 10.9. The predicted molar refractivity (Wildman–Crippen MR) is 89.7 cm³/mol. The van der Waals surface area contributed by atoms with Crippen molar-refractivity contribution in [3.05, 3.63) is 0 Å². The van der Waals surface area contributed by atoms with Crippen LogP contribution in [-0.2, 0) is 0 Å². The maximum absolute atomic E-state index is 2.62. The molecule has 0 heterocycles. The van der Waals surface area contributed by atoms with E-state index in [-0.39, 0.29) is 0 Å². The Labute approximate surface area is 128 Å². The summed E-state index contributed by atoms with van der Waals surface area (Å²) in [5.41, 5.74) is 2.28. The molecule has 0 nitrogen and oxygen atoms in total. The van der Waals surface area contributed by atoms with Gasteiger partial charge >= 0.3 is 0 Å². The first-order chi connectivity index (χ1) is 8.59. The third kappa shape index (κ3) is 1.31. The van der Waals surface area contributed by atoms with Gasteiger partial charge in [0.2, 0.25) is 0 Å². The van der Waals surface area contributed by atoms with Crippen LogP contribution in [0.3, 0.4) is 0 Å². The summed E-state index contributed by atoms with van der Waals surface area (Å²) in [5, 5.41) is 0. The first-order valence-corrected chi connectivity index (χ1v) is 8.59. The summed E-state index contributed by atoms with van der Waals surface area (Å²) in [6.07, 6.45) is 2.83. The topological polar surface area (TPSA) is 0 Å². The molecule has 2 saturated carbocycles. The summed E-state index contributed by atoms with van der Waals surface area (Å²) < 4.78 is 0. The van der Waals surface area contributed by atoms with Crippen LogP contribution in [0.15, 0.2) is 0 Å². The highest BCUT2D eigenvalue weighted by molar-refractivity contribution is 5.26. The van der Waals surface area contributed by atoms with Gasteiger partial charge in [0, 0.05) is 0 Å². The van der Waals surface area contributed by atoms with Crippen LogP contribution in [0, 0.1) is 38.4 Å². The molecule has 0 heteroatoms. The Kier molecular flexibility index (Phi) is 3.00. The van der Waals surface area contributed by atoms with Crippen molar-refractivity contribution in [2.75, 3.05) is 0 Å². The Morgan fingerprint density at radius 2 is 1.20 bits per heavy atom. The second kappa shape index (κ2) is 3.66. The lowest BCUT2D eigenvalue weighted by atomic mass is 9.39. The van der Waals surface area contributed by atoms with Crippen LogP contribution in [0.4, 0.5) is 0 Å². The minimum Gasteiger partial charge on any atom is -0.0596 e. The van der Waals surface area contributed by atoms with Crippen molar-refractivity contribution in [2.45, 2.75) is 89.0 Å². The SMILES string of the molecule is CC(C)(C)C(C)(C)C1(C)C(C)(C)C2CCC1(C)C2(C)C. The van der Waals surface area contributed by atoms with Crippen molar-refractivity contribution in [1.82, 2.24) is 0 Å². The van der Waals surface area contributed by atoms with E-state index in [1.54, 1.807) is 0 Å². The highest BCUT2D eigenvalue weighted by atomic mass is 14.8. The predicted octanol–water partition coefficient (Wildman–Crippen LogP) is 6.55. The van der Waals surface area contributed by atoms with E-state index in [0.29, 0.717) is 32.5 Å². The number of hydrogen-bond donors (Lipinski definition) is 0. The molecular formula is C20H38. The molecule has 0 aromatic carbocycles. The van der Waals surface area contributed by atoms with Gasteiger partial charge in [0.25, 0.3) is 0 Å².